The molecule has 0 aromatic heterocycles. The number of hydrogen-bond acceptors (Lipinski definition) is 6. The summed E-state index contributed by atoms with van der Waals surface area (Å²) in [7, 11) is 3.98. The fraction of sp³-hybridized carbons (Fsp3) is 0.818. The summed E-state index contributed by atoms with van der Waals surface area (Å²) in [6.07, 6.45) is 37.8. The van der Waals surface area contributed by atoms with E-state index in [9.17, 15) is 9.59 Å². The summed E-state index contributed by atoms with van der Waals surface area (Å²) in [5.74, 6) is -0.740. The Hall–Kier alpha value is -1.92. The molecule has 0 saturated heterocycles. The first-order valence-electron chi connectivity index (χ1n) is 21.3. The molecule has 0 aliphatic carbocycles. The van der Waals surface area contributed by atoms with Crippen LogP contribution in [0, 0.1) is 0 Å². The molecule has 0 spiro atoms. The SMILES string of the molecule is CCCCCCCCCCCCCCCCN(C)COC(=O)c1ccc(C(=O)OCN(C)CCCCCCCCCCCCCCCC)cc1. The zero-order valence-corrected chi connectivity index (χ0v) is 33.5. The fourth-order valence-corrected chi connectivity index (χ4v) is 6.53. The summed E-state index contributed by atoms with van der Waals surface area (Å²) < 4.78 is 11.0. The van der Waals surface area contributed by atoms with Gasteiger partial charge in [0, 0.05) is 13.1 Å². The average molecular weight is 701 g/mol. The van der Waals surface area contributed by atoms with Gasteiger partial charge in [-0.05, 0) is 51.2 Å². The summed E-state index contributed by atoms with van der Waals surface area (Å²) in [6, 6.07) is 6.58. The minimum atomic E-state index is -0.370. The van der Waals surface area contributed by atoms with Crippen LogP contribution < -0.4 is 0 Å². The number of benzene rings is 1. The maximum atomic E-state index is 12.5. The molecule has 0 amide bonds. The number of hydrogen-bond donors (Lipinski definition) is 0. The molecular formula is C44H80N2O4. The second-order valence-corrected chi connectivity index (χ2v) is 15.1. The second-order valence-electron chi connectivity index (χ2n) is 15.1. The number of carbonyl (C=O) groups is 2. The van der Waals surface area contributed by atoms with Crippen molar-refractivity contribution in [2.75, 3.05) is 40.6 Å². The first-order chi connectivity index (χ1) is 24.5. The van der Waals surface area contributed by atoms with Gasteiger partial charge < -0.3 is 9.47 Å². The highest BCUT2D eigenvalue weighted by Gasteiger charge is 2.13. The van der Waals surface area contributed by atoms with E-state index in [0.717, 1.165) is 25.9 Å². The van der Waals surface area contributed by atoms with Crippen molar-refractivity contribution in [1.29, 1.82) is 0 Å². The van der Waals surface area contributed by atoms with Crippen LogP contribution in [0.25, 0.3) is 0 Å². The van der Waals surface area contributed by atoms with Crippen LogP contribution in [0.4, 0.5) is 0 Å². The quantitative estimate of drug-likeness (QED) is 0.0394. The number of rotatable bonds is 36. The summed E-state index contributed by atoms with van der Waals surface area (Å²) in [5.41, 5.74) is 0.891. The molecule has 0 saturated carbocycles. The molecule has 0 aliphatic heterocycles. The molecule has 0 atom stereocenters. The second kappa shape index (κ2) is 34.2. The fourth-order valence-electron chi connectivity index (χ4n) is 6.53. The van der Waals surface area contributed by atoms with Gasteiger partial charge in [-0.15, -0.1) is 0 Å². The average Bonchev–Trinajstić information content (AvgIpc) is 3.13. The molecule has 0 bridgehead atoms. The molecule has 1 aromatic carbocycles. The van der Waals surface area contributed by atoms with Crippen LogP contribution in [-0.4, -0.2) is 62.4 Å². The van der Waals surface area contributed by atoms with Gasteiger partial charge >= 0.3 is 11.9 Å². The van der Waals surface area contributed by atoms with Gasteiger partial charge in [0.1, 0.15) is 13.5 Å². The molecule has 290 valence electrons. The van der Waals surface area contributed by atoms with Crippen molar-refractivity contribution in [3.63, 3.8) is 0 Å². The van der Waals surface area contributed by atoms with Gasteiger partial charge in [-0.1, -0.05) is 181 Å². The van der Waals surface area contributed by atoms with Crippen molar-refractivity contribution < 1.29 is 19.1 Å². The number of nitrogens with zero attached hydrogens (tertiary/aromatic N) is 2. The van der Waals surface area contributed by atoms with Crippen LogP contribution in [0.15, 0.2) is 24.3 Å². The Labute approximate surface area is 309 Å². The number of ether oxygens (including phenoxy) is 2. The van der Waals surface area contributed by atoms with Crippen molar-refractivity contribution in [2.45, 2.75) is 194 Å². The molecular weight excluding hydrogens is 620 g/mol. The Kier molecular flexibility index (Phi) is 31.5. The maximum Gasteiger partial charge on any atom is 0.339 e. The molecule has 0 unspecified atom stereocenters. The van der Waals surface area contributed by atoms with Crippen LogP contribution >= 0.6 is 0 Å². The van der Waals surface area contributed by atoms with Gasteiger partial charge in [0.25, 0.3) is 0 Å². The zero-order valence-electron chi connectivity index (χ0n) is 33.5. The van der Waals surface area contributed by atoms with E-state index >= 15 is 0 Å². The smallest absolute Gasteiger partial charge is 0.339 e. The van der Waals surface area contributed by atoms with Gasteiger partial charge in [-0.25, -0.2) is 9.59 Å². The monoisotopic (exact) mass is 701 g/mol. The van der Waals surface area contributed by atoms with Gasteiger partial charge in [-0.3, -0.25) is 9.80 Å². The third-order valence-electron chi connectivity index (χ3n) is 9.98. The lowest BCUT2D eigenvalue weighted by Crippen LogP contribution is -2.25. The Balaban J connectivity index is 2.02. The normalized spacial score (nSPS) is 11.5. The van der Waals surface area contributed by atoms with Gasteiger partial charge in [0.2, 0.25) is 0 Å². The highest BCUT2D eigenvalue weighted by molar-refractivity contribution is 5.93. The van der Waals surface area contributed by atoms with E-state index in [-0.39, 0.29) is 25.4 Å². The van der Waals surface area contributed by atoms with E-state index < -0.39 is 0 Å². The van der Waals surface area contributed by atoms with Crippen molar-refractivity contribution in [1.82, 2.24) is 9.80 Å². The summed E-state index contributed by atoms with van der Waals surface area (Å²) in [6.45, 7) is 6.94. The molecule has 0 N–H and O–H groups in total. The lowest BCUT2D eigenvalue weighted by Gasteiger charge is -2.17. The van der Waals surface area contributed by atoms with Crippen LogP contribution in [0.5, 0.6) is 0 Å². The molecule has 6 nitrogen and oxygen atoms in total. The number of carbonyl (C=O) groups excluding carboxylic acids is 2. The molecule has 0 aliphatic rings. The van der Waals surface area contributed by atoms with E-state index in [0.29, 0.717) is 11.1 Å². The van der Waals surface area contributed by atoms with Crippen LogP contribution in [0.3, 0.4) is 0 Å². The van der Waals surface area contributed by atoms with E-state index in [2.05, 4.69) is 23.6 Å². The van der Waals surface area contributed by atoms with Crippen molar-refractivity contribution in [3.05, 3.63) is 35.4 Å². The highest BCUT2D eigenvalue weighted by atomic mass is 16.5. The molecule has 6 heteroatoms. The lowest BCUT2D eigenvalue weighted by molar-refractivity contribution is 0.0258. The third-order valence-corrected chi connectivity index (χ3v) is 9.98. The Morgan fingerprint density at radius 3 is 0.860 bits per heavy atom. The molecule has 50 heavy (non-hydrogen) atoms. The van der Waals surface area contributed by atoms with E-state index in [1.54, 1.807) is 24.3 Å². The summed E-state index contributed by atoms with van der Waals surface area (Å²) in [4.78, 5) is 29.2. The minimum absolute atomic E-state index is 0.271. The van der Waals surface area contributed by atoms with Gasteiger partial charge in [0.05, 0.1) is 11.1 Å². The molecule has 1 rings (SSSR count). The predicted molar refractivity (Wildman–Crippen MR) is 213 cm³/mol. The predicted octanol–water partition coefficient (Wildman–Crippen LogP) is 12.7. The van der Waals surface area contributed by atoms with Gasteiger partial charge in [0.15, 0.2) is 0 Å². The first kappa shape index (κ1) is 46.1. The largest absolute Gasteiger partial charge is 0.446 e. The van der Waals surface area contributed by atoms with Gasteiger partial charge in [-0.2, -0.15) is 0 Å². The van der Waals surface area contributed by atoms with Crippen LogP contribution in [0.1, 0.15) is 214 Å². The topological polar surface area (TPSA) is 59.1 Å². The Morgan fingerprint density at radius 2 is 0.620 bits per heavy atom. The van der Waals surface area contributed by atoms with E-state index in [1.165, 1.54) is 167 Å². The van der Waals surface area contributed by atoms with Crippen LogP contribution in [0.2, 0.25) is 0 Å². The lowest BCUT2D eigenvalue weighted by atomic mass is 10.0. The molecule has 0 fully saturated rings. The first-order valence-corrected chi connectivity index (χ1v) is 21.3. The van der Waals surface area contributed by atoms with Crippen LogP contribution in [-0.2, 0) is 9.47 Å². The van der Waals surface area contributed by atoms with Crippen molar-refractivity contribution in [2.24, 2.45) is 0 Å². The number of unbranched alkanes of at least 4 members (excludes halogenated alkanes) is 26. The van der Waals surface area contributed by atoms with Crippen molar-refractivity contribution >= 4 is 11.9 Å². The highest BCUT2D eigenvalue weighted by Crippen LogP contribution is 2.15. The minimum Gasteiger partial charge on any atom is -0.446 e. The standard InChI is InChI=1S/C44H80N2O4/c1-5-7-9-11-13-15-17-19-21-23-25-27-29-31-37-45(3)39-49-43(47)41-33-35-42(36-34-41)44(48)50-40-46(4)38-32-30-28-26-24-22-20-18-16-14-12-10-8-6-2/h33-36H,5-32,37-40H2,1-4H3. The van der Waals surface area contributed by atoms with Crippen molar-refractivity contribution in [3.8, 4) is 0 Å². The summed E-state index contributed by atoms with van der Waals surface area (Å²) in [5, 5.41) is 0. The third kappa shape index (κ3) is 27.8. The Bertz CT molecular complexity index is 833. The Morgan fingerprint density at radius 1 is 0.400 bits per heavy atom. The number of esters is 2. The van der Waals surface area contributed by atoms with E-state index in [4.69, 9.17) is 9.47 Å². The summed E-state index contributed by atoms with van der Waals surface area (Å²) >= 11 is 0. The van der Waals surface area contributed by atoms with E-state index in [1.807, 2.05) is 14.1 Å². The molecule has 1 aromatic rings. The molecule has 0 heterocycles. The maximum absolute atomic E-state index is 12.5. The molecule has 0 radical (unpaired) electrons. The zero-order chi connectivity index (χ0) is 36.3.